The molecule has 0 fully saturated rings. The fourth-order valence-electron chi connectivity index (χ4n) is 3.64. The third-order valence-electron chi connectivity index (χ3n) is 5.43. The van der Waals surface area contributed by atoms with Crippen molar-refractivity contribution in [3.63, 3.8) is 0 Å². The Balaban J connectivity index is 1.30. The summed E-state index contributed by atoms with van der Waals surface area (Å²) in [5.41, 5.74) is 3.22. The van der Waals surface area contributed by atoms with Crippen molar-refractivity contribution in [2.75, 3.05) is 19.4 Å². The molecule has 2 aromatic carbocycles. The van der Waals surface area contributed by atoms with Gasteiger partial charge in [-0.2, -0.15) is 0 Å². The van der Waals surface area contributed by atoms with E-state index in [0.717, 1.165) is 29.1 Å². The third-order valence-corrected chi connectivity index (χ3v) is 6.31. The Morgan fingerprint density at radius 1 is 1.18 bits per heavy atom. The molecule has 1 amide bonds. The molecule has 0 saturated carbocycles. The first kappa shape index (κ1) is 23.0. The number of carbonyl (C=O) groups excluding carboxylic acids is 1. The predicted molar refractivity (Wildman–Crippen MR) is 125 cm³/mol. The van der Waals surface area contributed by atoms with Crippen molar-refractivity contribution in [3.8, 4) is 5.75 Å². The van der Waals surface area contributed by atoms with E-state index in [9.17, 15) is 14.0 Å². The van der Waals surface area contributed by atoms with Crippen LogP contribution in [-0.2, 0) is 30.8 Å². The SMILES string of the molecule is COc1ccc(CNC(=O)CSc2nc3c(c(=O)[nH]2)CN(Cc2ccc(F)cc2)CC3)cc1. The zero-order chi connectivity index (χ0) is 23.2. The van der Waals surface area contributed by atoms with Gasteiger partial charge in [0.25, 0.3) is 5.56 Å². The Labute approximate surface area is 195 Å². The van der Waals surface area contributed by atoms with E-state index in [4.69, 9.17) is 4.74 Å². The molecule has 0 radical (unpaired) electrons. The molecule has 0 atom stereocenters. The van der Waals surface area contributed by atoms with Crippen molar-refractivity contribution in [3.05, 3.63) is 87.1 Å². The number of ether oxygens (including phenoxy) is 1. The van der Waals surface area contributed by atoms with Gasteiger partial charge in [-0.15, -0.1) is 0 Å². The Kier molecular flexibility index (Phi) is 7.41. The number of rotatable bonds is 8. The molecule has 2 N–H and O–H groups in total. The molecule has 3 aromatic rings. The monoisotopic (exact) mass is 468 g/mol. The Bertz CT molecular complexity index is 1170. The van der Waals surface area contributed by atoms with Gasteiger partial charge in [0.05, 0.1) is 24.1 Å². The van der Waals surface area contributed by atoms with E-state index < -0.39 is 0 Å². The minimum Gasteiger partial charge on any atom is -0.497 e. The maximum absolute atomic E-state index is 13.1. The van der Waals surface area contributed by atoms with E-state index in [-0.39, 0.29) is 23.0 Å². The lowest BCUT2D eigenvalue weighted by Crippen LogP contribution is -2.35. The van der Waals surface area contributed by atoms with Crippen molar-refractivity contribution < 1.29 is 13.9 Å². The fourth-order valence-corrected chi connectivity index (χ4v) is 4.35. The molecule has 9 heteroatoms. The molecule has 0 spiro atoms. The van der Waals surface area contributed by atoms with Crippen LogP contribution in [0.15, 0.2) is 58.5 Å². The van der Waals surface area contributed by atoms with Crippen LogP contribution in [0.2, 0.25) is 0 Å². The standard InChI is InChI=1S/C24H25FN4O3S/c1-32-19-8-4-16(5-9-19)12-26-22(30)15-33-24-27-21-10-11-29(14-20(21)23(31)28-24)13-17-2-6-18(25)7-3-17/h2-9H,10-15H2,1H3,(H,26,30)(H,27,28,31). The second kappa shape index (κ2) is 10.6. The smallest absolute Gasteiger partial charge is 0.256 e. The molecule has 7 nitrogen and oxygen atoms in total. The van der Waals surface area contributed by atoms with Crippen molar-refractivity contribution in [2.45, 2.75) is 31.2 Å². The molecule has 2 heterocycles. The number of H-pyrrole nitrogens is 1. The number of fused-ring (bicyclic) bond motifs is 1. The summed E-state index contributed by atoms with van der Waals surface area (Å²) in [7, 11) is 1.61. The summed E-state index contributed by atoms with van der Waals surface area (Å²) in [6, 6.07) is 13.9. The van der Waals surface area contributed by atoms with Crippen molar-refractivity contribution in [1.29, 1.82) is 0 Å². The second-order valence-corrected chi connectivity index (χ2v) is 8.76. The zero-order valence-corrected chi connectivity index (χ0v) is 19.1. The first-order valence-corrected chi connectivity index (χ1v) is 11.6. The molecule has 33 heavy (non-hydrogen) atoms. The predicted octanol–water partition coefficient (Wildman–Crippen LogP) is 2.88. The van der Waals surface area contributed by atoms with E-state index >= 15 is 0 Å². The molecular weight excluding hydrogens is 443 g/mol. The summed E-state index contributed by atoms with van der Waals surface area (Å²) >= 11 is 1.21. The maximum Gasteiger partial charge on any atom is 0.256 e. The minimum atomic E-state index is -0.261. The van der Waals surface area contributed by atoms with Crippen LogP contribution in [0.4, 0.5) is 4.39 Å². The highest BCUT2D eigenvalue weighted by Gasteiger charge is 2.21. The van der Waals surface area contributed by atoms with Crippen LogP contribution >= 0.6 is 11.8 Å². The number of halogens is 1. The molecule has 0 unspecified atom stereocenters. The molecular formula is C24H25FN4O3S. The van der Waals surface area contributed by atoms with Crippen LogP contribution < -0.4 is 15.6 Å². The summed E-state index contributed by atoms with van der Waals surface area (Å²) in [6.07, 6.45) is 0.650. The van der Waals surface area contributed by atoms with Gasteiger partial charge in [-0.3, -0.25) is 14.5 Å². The number of hydrogen-bond acceptors (Lipinski definition) is 6. The van der Waals surface area contributed by atoms with Gasteiger partial charge >= 0.3 is 0 Å². The number of methoxy groups -OCH3 is 1. The van der Waals surface area contributed by atoms with Gasteiger partial charge in [-0.25, -0.2) is 9.37 Å². The topological polar surface area (TPSA) is 87.3 Å². The summed E-state index contributed by atoms with van der Waals surface area (Å²) in [5.74, 6) is 0.528. The van der Waals surface area contributed by atoms with E-state index in [0.29, 0.717) is 36.8 Å². The lowest BCUT2D eigenvalue weighted by atomic mass is 10.1. The van der Waals surface area contributed by atoms with Crippen LogP contribution in [-0.4, -0.2) is 40.2 Å². The van der Waals surface area contributed by atoms with E-state index in [2.05, 4.69) is 20.2 Å². The number of nitrogens with one attached hydrogen (secondary N) is 2. The minimum absolute atomic E-state index is 0.137. The highest BCUT2D eigenvalue weighted by Crippen LogP contribution is 2.19. The van der Waals surface area contributed by atoms with Gasteiger partial charge in [0.15, 0.2) is 5.16 Å². The number of amides is 1. The lowest BCUT2D eigenvalue weighted by Gasteiger charge is -2.27. The molecule has 0 aliphatic carbocycles. The largest absolute Gasteiger partial charge is 0.497 e. The van der Waals surface area contributed by atoms with Crippen LogP contribution in [0.5, 0.6) is 5.75 Å². The zero-order valence-electron chi connectivity index (χ0n) is 18.3. The molecule has 4 rings (SSSR count). The van der Waals surface area contributed by atoms with Gasteiger partial charge in [-0.05, 0) is 35.4 Å². The van der Waals surface area contributed by atoms with Crippen LogP contribution in [0.25, 0.3) is 0 Å². The number of aromatic nitrogens is 2. The number of nitrogens with zero attached hydrogens (tertiary/aromatic N) is 2. The molecule has 1 aliphatic rings. The van der Waals surface area contributed by atoms with Crippen molar-refractivity contribution in [2.24, 2.45) is 0 Å². The molecule has 0 saturated heterocycles. The molecule has 1 aliphatic heterocycles. The van der Waals surface area contributed by atoms with Gasteiger partial charge in [-0.1, -0.05) is 36.0 Å². The number of benzene rings is 2. The molecule has 0 bridgehead atoms. The fraction of sp³-hybridized carbons (Fsp3) is 0.292. The highest BCUT2D eigenvalue weighted by molar-refractivity contribution is 7.99. The van der Waals surface area contributed by atoms with E-state index in [1.54, 1.807) is 19.2 Å². The number of hydrogen-bond donors (Lipinski definition) is 2. The molecule has 1 aromatic heterocycles. The van der Waals surface area contributed by atoms with Gasteiger partial charge < -0.3 is 15.0 Å². The van der Waals surface area contributed by atoms with E-state index in [1.165, 1.54) is 23.9 Å². The molecule has 172 valence electrons. The van der Waals surface area contributed by atoms with Crippen molar-refractivity contribution >= 4 is 17.7 Å². The first-order valence-electron chi connectivity index (χ1n) is 10.6. The summed E-state index contributed by atoms with van der Waals surface area (Å²) in [6.45, 7) is 2.31. The maximum atomic E-state index is 13.1. The van der Waals surface area contributed by atoms with E-state index in [1.807, 2.05) is 24.3 Å². The number of aromatic amines is 1. The van der Waals surface area contributed by atoms with Crippen molar-refractivity contribution in [1.82, 2.24) is 20.2 Å². The van der Waals surface area contributed by atoms with Crippen LogP contribution in [0.3, 0.4) is 0 Å². The van der Waals surface area contributed by atoms with Crippen LogP contribution in [0.1, 0.15) is 22.4 Å². The normalized spacial score (nSPS) is 13.4. The van der Waals surface area contributed by atoms with Gasteiger partial charge in [0, 0.05) is 32.6 Å². The van der Waals surface area contributed by atoms with Gasteiger partial charge in [0.2, 0.25) is 5.91 Å². The summed E-state index contributed by atoms with van der Waals surface area (Å²) in [5, 5.41) is 3.31. The summed E-state index contributed by atoms with van der Waals surface area (Å²) < 4.78 is 18.2. The average molecular weight is 469 g/mol. The second-order valence-electron chi connectivity index (χ2n) is 7.80. The Morgan fingerprint density at radius 3 is 2.64 bits per heavy atom. The average Bonchev–Trinajstić information content (AvgIpc) is 2.83. The third kappa shape index (κ3) is 6.21. The Morgan fingerprint density at radius 2 is 1.91 bits per heavy atom. The van der Waals surface area contributed by atoms with Gasteiger partial charge in [0.1, 0.15) is 11.6 Å². The first-order chi connectivity index (χ1) is 16.0. The highest BCUT2D eigenvalue weighted by atomic mass is 32.2. The number of carbonyl (C=O) groups is 1. The summed E-state index contributed by atoms with van der Waals surface area (Å²) in [4.78, 5) is 34.4. The quantitative estimate of drug-likeness (QED) is 0.391. The lowest BCUT2D eigenvalue weighted by molar-refractivity contribution is -0.118. The van der Waals surface area contributed by atoms with Crippen LogP contribution in [0, 0.1) is 5.82 Å². The number of thioether (sulfide) groups is 1. The Hall–Kier alpha value is -3.17.